The number of aryl methyl sites for hydroxylation is 2. The number of nitrogens with zero attached hydrogens (tertiary/aromatic N) is 3. The van der Waals surface area contributed by atoms with Gasteiger partial charge in [0.2, 0.25) is 0 Å². The highest BCUT2D eigenvalue weighted by molar-refractivity contribution is 5.27. The third-order valence-electron chi connectivity index (χ3n) is 6.37. The molecule has 1 aromatic heterocycles. The van der Waals surface area contributed by atoms with Gasteiger partial charge in [-0.05, 0) is 68.6 Å². The Hall–Kier alpha value is -2.36. The lowest BCUT2D eigenvalue weighted by atomic mass is 10.1. The third-order valence-corrected chi connectivity index (χ3v) is 6.37. The van der Waals surface area contributed by atoms with Gasteiger partial charge in [0.05, 0.1) is 0 Å². The second-order valence-corrected chi connectivity index (χ2v) is 8.80. The van der Waals surface area contributed by atoms with Crippen LogP contribution in [-0.2, 0) is 19.6 Å². The van der Waals surface area contributed by atoms with Crippen LogP contribution in [0, 0.1) is 13.8 Å². The van der Waals surface area contributed by atoms with Crippen LogP contribution >= 0.6 is 0 Å². The molecule has 0 unspecified atom stereocenters. The van der Waals surface area contributed by atoms with Crippen LogP contribution in [0.25, 0.3) is 0 Å². The van der Waals surface area contributed by atoms with Gasteiger partial charge in [-0.25, -0.2) is 0 Å². The Morgan fingerprint density at radius 3 is 2.37 bits per heavy atom. The molecular formula is C27H35N3. The van der Waals surface area contributed by atoms with Gasteiger partial charge in [0.15, 0.2) is 0 Å². The first-order valence-electron chi connectivity index (χ1n) is 11.4. The second kappa shape index (κ2) is 10.1. The second-order valence-electron chi connectivity index (χ2n) is 8.80. The number of rotatable bonds is 9. The van der Waals surface area contributed by atoms with Gasteiger partial charge in [-0.1, -0.05) is 54.1 Å². The molecule has 1 aliphatic heterocycles. The SMILES string of the molecule is Cc1ccc(CN(CCN2CCCC2)Cc2cccn2Cc2ccccc2C)cc1. The summed E-state index contributed by atoms with van der Waals surface area (Å²) < 4.78 is 2.42. The largest absolute Gasteiger partial charge is 0.346 e. The van der Waals surface area contributed by atoms with Crippen LogP contribution in [0.15, 0.2) is 66.9 Å². The van der Waals surface area contributed by atoms with E-state index in [0.717, 1.165) is 26.2 Å². The van der Waals surface area contributed by atoms with Crippen LogP contribution in [-0.4, -0.2) is 40.5 Å². The van der Waals surface area contributed by atoms with E-state index < -0.39 is 0 Å². The molecule has 2 aromatic carbocycles. The Morgan fingerprint density at radius 2 is 1.60 bits per heavy atom. The maximum atomic E-state index is 2.62. The lowest BCUT2D eigenvalue weighted by Crippen LogP contribution is -2.33. The van der Waals surface area contributed by atoms with Crippen molar-refractivity contribution in [1.29, 1.82) is 0 Å². The summed E-state index contributed by atoms with van der Waals surface area (Å²) in [6, 6.07) is 22.2. The summed E-state index contributed by atoms with van der Waals surface area (Å²) in [6.07, 6.45) is 4.95. The fourth-order valence-electron chi connectivity index (χ4n) is 4.40. The zero-order valence-corrected chi connectivity index (χ0v) is 18.6. The first kappa shape index (κ1) is 20.9. The van der Waals surface area contributed by atoms with Gasteiger partial charge < -0.3 is 9.47 Å². The van der Waals surface area contributed by atoms with E-state index in [4.69, 9.17) is 0 Å². The molecule has 0 amide bonds. The van der Waals surface area contributed by atoms with E-state index in [9.17, 15) is 0 Å². The molecule has 3 heteroatoms. The molecule has 30 heavy (non-hydrogen) atoms. The highest BCUT2D eigenvalue weighted by Crippen LogP contribution is 2.16. The van der Waals surface area contributed by atoms with Crippen molar-refractivity contribution in [3.05, 3.63) is 94.8 Å². The van der Waals surface area contributed by atoms with Crippen molar-refractivity contribution in [2.75, 3.05) is 26.2 Å². The summed E-state index contributed by atoms with van der Waals surface area (Å²) in [4.78, 5) is 5.24. The molecule has 1 aliphatic rings. The van der Waals surface area contributed by atoms with E-state index in [0.29, 0.717) is 0 Å². The number of likely N-dealkylation sites (tertiary alicyclic amines) is 1. The van der Waals surface area contributed by atoms with Gasteiger partial charge >= 0.3 is 0 Å². The molecule has 0 aliphatic carbocycles. The van der Waals surface area contributed by atoms with Gasteiger partial charge in [0.1, 0.15) is 0 Å². The molecule has 3 aromatic rings. The topological polar surface area (TPSA) is 11.4 Å². The highest BCUT2D eigenvalue weighted by atomic mass is 15.2. The maximum Gasteiger partial charge on any atom is 0.0476 e. The van der Waals surface area contributed by atoms with E-state index in [2.05, 4.69) is 95.1 Å². The van der Waals surface area contributed by atoms with E-state index in [1.807, 2.05) is 0 Å². The van der Waals surface area contributed by atoms with Gasteiger partial charge in [-0.15, -0.1) is 0 Å². The Kier molecular flexibility index (Phi) is 7.03. The number of hydrogen-bond acceptors (Lipinski definition) is 2. The highest BCUT2D eigenvalue weighted by Gasteiger charge is 2.15. The molecule has 2 heterocycles. The van der Waals surface area contributed by atoms with Crippen molar-refractivity contribution in [1.82, 2.24) is 14.4 Å². The average Bonchev–Trinajstić information content (AvgIpc) is 3.42. The van der Waals surface area contributed by atoms with Crippen LogP contribution < -0.4 is 0 Å². The summed E-state index contributed by atoms with van der Waals surface area (Å²) in [5.41, 5.74) is 6.89. The van der Waals surface area contributed by atoms with Crippen molar-refractivity contribution in [2.45, 2.75) is 46.3 Å². The summed E-state index contributed by atoms with van der Waals surface area (Å²) in [6.45, 7) is 12.1. The predicted molar refractivity (Wildman–Crippen MR) is 126 cm³/mol. The Bertz CT molecular complexity index is 919. The molecular weight excluding hydrogens is 366 g/mol. The zero-order valence-electron chi connectivity index (χ0n) is 18.6. The molecule has 0 radical (unpaired) electrons. The van der Waals surface area contributed by atoms with Crippen molar-refractivity contribution in [3.63, 3.8) is 0 Å². The molecule has 0 saturated carbocycles. The summed E-state index contributed by atoms with van der Waals surface area (Å²) in [7, 11) is 0. The van der Waals surface area contributed by atoms with Crippen molar-refractivity contribution < 1.29 is 0 Å². The molecule has 4 rings (SSSR count). The molecule has 0 spiro atoms. The van der Waals surface area contributed by atoms with Gasteiger partial charge in [0.25, 0.3) is 0 Å². The third kappa shape index (κ3) is 5.62. The van der Waals surface area contributed by atoms with E-state index in [-0.39, 0.29) is 0 Å². The minimum absolute atomic E-state index is 0.944. The molecule has 0 bridgehead atoms. The van der Waals surface area contributed by atoms with E-state index in [1.165, 1.54) is 60.4 Å². The minimum atomic E-state index is 0.944. The standard InChI is InChI=1S/C27H35N3/c1-23-11-13-25(14-12-23)20-29(19-18-28-15-5-6-16-28)22-27-10-7-17-30(27)21-26-9-4-3-8-24(26)2/h3-4,7-14,17H,5-6,15-16,18-22H2,1-2H3. The van der Waals surface area contributed by atoms with Crippen molar-refractivity contribution in [2.24, 2.45) is 0 Å². The normalized spacial score (nSPS) is 14.6. The maximum absolute atomic E-state index is 2.62. The lowest BCUT2D eigenvalue weighted by molar-refractivity contribution is 0.208. The molecule has 0 N–H and O–H groups in total. The molecule has 1 fully saturated rings. The summed E-state index contributed by atoms with van der Waals surface area (Å²) in [5.74, 6) is 0. The predicted octanol–water partition coefficient (Wildman–Crippen LogP) is 5.25. The Balaban J connectivity index is 1.47. The van der Waals surface area contributed by atoms with E-state index >= 15 is 0 Å². The lowest BCUT2D eigenvalue weighted by Gasteiger charge is -2.26. The first-order valence-corrected chi connectivity index (χ1v) is 11.4. The fraction of sp³-hybridized carbons (Fsp3) is 0.407. The quantitative estimate of drug-likeness (QED) is 0.485. The monoisotopic (exact) mass is 401 g/mol. The fourth-order valence-corrected chi connectivity index (χ4v) is 4.40. The summed E-state index contributed by atoms with van der Waals surface area (Å²) in [5, 5.41) is 0. The minimum Gasteiger partial charge on any atom is -0.346 e. The molecule has 158 valence electrons. The average molecular weight is 402 g/mol. The van der Waals surface area contributed by atoms with Crippen LogP contribution in [0.4, 0.5) is 0 Å². The van der Waals surface area contributed by atoms with Gasteiger partial charge in [-0.3, -0.25) is 4.90 Å². The Labute approximate surface area is 181 Å². The van der Waals surface area contributed by atoms with Crippen LogP contribution in [0.1, 0.15) is 40.8 Å². The molecule has 1 saturated heterocycles. The van der Waals surface area contributed by atoms with Crippen LogP contribution in [0.2, 0.25) is 0 Å². The van der Waals surface area contributed by atoms with Gasteiger partial charge in [0, 0.05) is 44.6 Å². The summed E-state index contributed by atoms with van der Waals surface area (Å²) >= 11 is 0. The first-order chi connectivity index (χ1) is 14.7. The van der Waals surface area contributed by atoms with Crippen LogP contribution in [0.3, 0.4) is 0 Å². The Morgan fingerprint density at radius 1 is 0.833 bits per heavy atom. The van der Waals surface area contributed by atoms with E-state index in [1.54, 1.807) is 0 Å². The van der Waals surface area contributed by atoms with Crippen molar-refractivity contribution >= 4 is 0 Å². The number of hydrogen-bond donors (Lipinski definition) is 0. The number of aromatic nitrogens is 1. The van der Waals surface area contributed by atoms with Crippen LogP contribution in [0.5, 0.6) is 0 Å². The number of benzene rings is 2. The smallest absolute Gasteiger partial charge is 0.0476 e. The molecule has 0 atom stereocenters. The van der Waals surface area contributed by atoms with Gasteiger partial charge in [-0.2, -0.15) is 0 Å². The zero-order chi connectivity index (χ0) is 20.8. The van der Waals surface area contributed by atoms with Crippen molar-refractivity contribution in [3.8, 4) is 0 Å². The molecule has 3 nitrogen and oxygen atoms in total.